The van der Waals surface area contributed by atoms with Gasteiger partial charge >= 0.3 is 0 Å². The molecule has 0 saturated carbocycles. The Hall–Kier alpha value is -1.81. The van der Waals surface area contributed by atoms with E-state index in [0.717, 1.165) is 16.8 Å². The van der Waals surface area contributed by atoms with Crippen molar-refractivity contribution in [1.82, 2.24) is 9.97 Å². The Morgan fingerprint density at radius 1 is 1.17 bits per heavy atom. The molecule has 1 aromatic carbocycles. The van der Waals surface area contributed by atoms with Crippen LogP contribution in [0.5, 0.6) is 0 Å². The molecule has 0 fully saturated rings. The van der Waals surface area contributed by atoms with E-state index in [1.54, 1.807) is 6.20 Å². The minimum absolute atomic E-state index is 0.772. The van der Waals surface area contributed by atoms with Crippen molar-refractivity contribution in [2.45, 2.75) is 6.54 Å². The quantitative estimate of drug-likeness (QED) is 0.720. The van der Waals surface area contributed by atoms with E-state index in [1.165, 1.54) is 16.5 Å². The second-order valence-corrected chi connectivity index (χ2v) is 4.81. The molecule has 0 spiro atoms. The number of fused-ring (bicyclic) bond motifs is 1. The highest BCUT2D eigenvalue weighted by Gasteiger charge is 2.04. The van der Waals surface area contributed by atoms with Gasteiger partial charge in [-0.05, 0) is 39.7 Å². The lowest BCUT2D eigenvalue weighted by Gasteiger charge is -2.06. The number of anilines is 1. The van der Waals surface area contributed by atoms with Crippen molar-refractivity contribution in [2.24, 2.45) is 0 Å². The maximum absolute atomic E-state index is 4.19. The summed E-state index contributed by atoms with van der Waals surface area (Å²) in [4.78, 5) is 7.46. The molecule has 4 heteroatoms. The number of nitrogens with one attached hydrogen (secondary N) is 2. The standard InChI is InChI=1S/C14H12BrN3/c15-14-13(6-3-7-16-14)18-9-10-8-17-12-5-2-1-4-11(10)12/h1-8,17-18H,9H2. The van der Waals surface area contributed by atoms with Crippen molar-refractivity contribution in [2.75, 3.05) is 5.32 Å². The van der Waals surface area contributed by atoms with Gasteiger partial charge < -0.3 is 10.3 Å². The van der Waals surface area contributed by atoms with Gasteiger partial charge in [0, 0.05) is 29.8 Å². The monoisotopic (exact) mass is 301 g/mol. The van der Waals surface area contributed by atoms with Gasteiger partial charge in [-0.1, -0.05) is 18.2 Å². The van der Waals surface area contributed by atoms with Crippen molar-refractivity contribution >= 4 is 32.5 Å². The van der Waals surface area contributed by atoms with Gasteiger partial charge in [-0.2, -0.15) is 0 Å². The van der Waals surface area contributed by atoms with Crippen LogP contribution < -0.4 is 5.32 Å². The second-order valence-electron chi connectivity index (χ2n) is 4.05. The van der Waals surface area contributed by atoms with Crippen LogP contribution in [0.3, 0.4) is 0 Å². The first-order valence-electron chi connectivity index (χ1n) is 5.74. The van der Waals surface area contributed by atoms with E-state index in [0.29, 0.717) is 0 Å². The molecule has 0 unspecified atom stereocenters. The van der Waals surface area contributed by atoms with Gasteiger partial charge in [-0.3, -0.25) is 0 Å². The minimum atomic E-state index is 0.772. The van der Waals surface area contributed by atoms with Crippen LogP contribution in [0, 0.1) is 0 Å². The smallest absolute Gasteiger partial charge is 0.129 e. The highest BCUT2D eigenvalue weighted by atomic mass is 79.9. The number of nitrogens with zero attached hydrogens (tertiary/aromatic N) is 1. The van der Waals surface area contributed by atoms with Crippen LogP contribution in [0.25, 0.3) is 10.9 Å². The number of benzene rings is 1. The molecule has 2 N–H and O–H groups in total. The van der Waals surface area contributed by atoms with E-state index in [2.05, 4.69) is 49.4 Å². The first-order chi connectivity index (χ1) is 8.84. The average Bonchev–Trinajstić information content (AvgIpc) is 2.81. The van der Waals surface area contributed by atoms with Crippen molar-refractivity contribution in [3.63, 3.8) is 0 Å². The molecule has 0 atom stereocenters. The summed E-state index contributed by atoms with van der Waals surface area (Å²) < 4.78 is 0.838. The zero-order chi connectivity index (χ0) is 12.4. The number of para-hydroxylation sites is 1. The molecule has 0 amide bonds. The number of hydrogen-bond donors (Lipinski definition) is 2. The fourth-order valence-electron chi connectivity index (χ4n) is 1.99. The van der Waals surface area contributed by atoms with Gasteiger partial charge in [0.2, 0.25) is 0 Å². The van der Waals surface area contributed by atoms with Crippen LogP contribution in [-0.4, -0.2) is 9.97 Å². The van der Waals surface area contributed by atoms with Gasteiger partial charge in [0.05, 0.1) is 5.69 Å². The summed E-state index contributed by atoms with van der Waals surface area (Å²) in [6, 6.07) is 12.2. The Morgan fingerprint density at radius 3 is 2.94 bits per heavy atom. The van der Waals surface area contributed by atoms with Crippen LogP contribution in [0.15, 0.2) is 53.4 Å². The van der Waals surface area contributed by atoms with E-state index in [1.807, 2.05) is 24.4 Å². The molecule has 90 valence electrons. The van der Waals surface area contributed by atoms with Gasteiger partial charge in [0.15, 0.2) is 0 Å². The Balaban J connectivity index is 1.83. The summed E-state index contributed by atoms with van der Waals surface area (Å²) in [6.45, 7) is 0.772. The van der Waals surface area contributed by atoms with Gasteiger partial charge in [0.1, 0.15) is 4.60 Å². The topological polar surface area (TPSA) is 40.7 Å². The molecule has 0 radical (unpaired) electrons. The normalized spacial score (nSPS) is 10.7. The molecular weight excluding hydrogens is 290 g/mol. The number of aromatic amines is 1. The molecule has 18 heavy (non-hydrogen) atoms. The van der Waals surface area contributed by atoms with Gasteiger partial charge in [0.25, 0.3) is 0 Å². The van der Waals surface area contributed by atoms with Gasteiger partial charge in [-0.15, -0.1) is 0 Å². The molecular formula is C14H12BrN3. The molecule has 3 rings (SSSR count). The lowest BCUT2D eigenvalue weighted by molar-refractivity contribution is 1.14. The summed E-state index contributed by atoms with van der Waals surface area (Å²) in [5, 5.41) is 4.63. The van der Waals surface area contributed by atoms with E-state index in [9.17, 15) is 0 Å². The molecule has 3 nitrogen and oxygen atoms in total. The predicted octanol–water partition coefficient (Wildman–Crippen LogP) is 3.94. The molecule has 0 saturated heterocycles. The third kappa shape index (κ3) is 2.11. The molecule has 2 heterocycles. The number of rotatable bonds is 3. The van der Waals surface area contributed by atoms with E-state index in [4.69, 9.17) is 0 Å². The number of pyridine rings is 1. The van der Waals surface area contributed by atoms with Crippen molar-refractivity contribution < 1.29 is 0 Å². The Bertz CT molecular complexity index is 675. The molecule has 3 aromatic rings. The minimum Gasteiger partial charge on any atom is -0.379 e. The zero-order valence-electron chi connectivity index (χ0n) is 9.65. The fourth-order valence-corrected chi connectivity index (χ4v) is 2.38. The number of aromatic nitrogens is 2. The third-order valence-electron chi connectivity index (χ3n) is 2.90. The van der Waals surface area contributed by atoms with E-state index >= 15 is 0 Å². The molecule has 0 bridgehead atoms. The van der Waals surface area contributed by atoms with E-state index < -0.39 is 0 Å². The second kappa shape index (κ2) is 4.82. The van der Waals surface area contributed by atoms with Crippen molar-refractivity contribution in [1.29, 1.82) is 0 Å². The number of halogens is 1. The lowest BCUT2D eigenvalue weighted by atomic mass is 10.2. The summed E-state index contributed by atoms with van der Waals surface area (Å²) in [5.41, 5.74) is 3.42. The Morgan fingerprint density at radius 2 is 2.06 bits per heavy atom. The lowest BCUT2D eigenvalue weighted by Crippen LogP contribution is -1.99. The van der Waals surface area contributed by atoms with Crippen LogP contribution in [0.2, 0.25) is 0 Å². The third-order valence-corrected chi connectivity index (χ3v) is 3.54. The maximum Gasteiger partial charge on any atom is 0.129 e. The largest absolute Gasteiger partial charge is 0.379 e. The summed E-state index contributed by atoms with van der Waals surface area (Å²) in [6.07, 6.45) is 3.81. The van der Waals surface area contributed by atoms with Crippen molar-refractivity contribution in [3.8, 4) is 0 Å². The first-order valence-corrected chi connectivity index (χ1v) is 6.53. The van der Waals surface area contributed by atoms with Crippen LogP contribution in [0.4, 0.5) is 5.69 Å². The SMILES string of the molecule is Brc1ncccc1NCc1c[nH]c2ccccc12. The summed E-state index contributed by atoms with van der Waals surface area (Å²) in [5.74, 6) is 0. The van der Waals surface area contributed by atoms with Crippen LogP contribution >= 0.6 is 15.9 Å². The van der Waals surface area contributed by atoms with Crippen LogP contribution in [-0.2, 0) is 6.54 Å². The van der Waals surface area contributed by atoms with Gasteiger partial charge in [-0.25, -0.2) is 4.98 Å². The highest BCUT2D eigenvalue weighted by molar-refractivity contribution is 9.10. The highest BCUT2D eigenvalue weighted by Crippen LogP contribution is 2.22. The van der Waals surface area contributed by atoms with Crippen molar-refractivity contribution in [3.05, 3.63) is 59.0 Å². The Labute approximate surface area is 113 Å². The average molecular weight is 302 g/mol. The van der Waals surface area contributed by atoms with Crippen LogP contribution in [0.1, 0.15) is 5.56 Å². The molecule has 0 aliphatic rings. The summed E-state index contributed by atoms with van der Waals surface area (Å²) >= 11 is 3.43. The predicted molar refractivity (Wildman–Crippen MR) is 77.6 cm³/mol. The maximum atomic E-state index is 4.19. The summed E-state index contributed by atoms with van der Waals surface area (Å²) in [7, 11) is 0. The number of H-pyrrole nitrogens is 1. The molecule has 0 aliphatic heterocycles. The molecule has 2 aromatic heterocycles. The number of hydrogen-bond acceptors (Lipinski definition) is 2. The first kappa shape index (κ1) is 11.3. The molecule has 0 aliphatic carbocycles. The Kier molecular flexibility index (Phi) is 3.02. The zero-order valence-corrected chi connectivity index (χ0v) is 11.2. The fraction of sp³-hybridized carbons (Fsp3) is 0.0714. The van der Waals surface area contributed by atoms with E-state index in [-0.39, 0.29) is 0 Å².